The fraction of sp³-hybridized carbons (Fsp3) is 0. The third kappa shape index (κ3) is 6.21. The summed E-state index contributed by atoms with van der Waals surface area (Å²) >= 11 is 0. The van der Waals surface area contributed by atoms with Crippen LogP contribution < -0.4 is 4.90 Å². The van der Waals surface area contributed by atoms with E-state index in [-0.39, 0.29) is 35.4 Å². The van der Waals surface area contributed by atoms with Gasteiger partial charge in [-0.2, -0.15) is 0 Å². The molecule has 1 nitrogen and oxygen atoms in total. The summed E-state index contributed by atoms with van der Waals surface area (Å²) in [7, 11) is 0. The Balaban J connectivity index is 1.09. The molecular formula is C58H39N. The first-order valence-corrected chi connectivity index (χ1v) is 20.0. The van der Waals surface area contributed by atoms with Crippen molar-refractivity contribution in [1.29, 1.82) is 0 Å². The zero-order valence-electron chi connectivity index (χ0n) is 36.2. The van der Waals surface area contributed by atoms with E-state index in [1.807, 2.05) is 83.8 Å². The van der Waals surface area contributed by atoms with Crippen LogP contribution in [0.5, 0.6) is 0 Å². The van der Waals surface area contributed by atoms with Crippen LogP contribution in [0, 0.1) is 0 Å². The van der Waals surface area contributed by atoms with Gasteiger partial charge in [-0.15, -0.1) is 0 Å². The van der Waals surface area contributed by atoms with Crippen molar-refractivity contribution in [2.24, 2.45) is 0 Å². The number of hydrogen-bond acceptors (Lipinski definition) is 1. The normalized spacial score (nSPS) is 12.3. The van der Waals surface area contributed by atoms with Crippen LogP contribution in [0.1, 0.15) is 5.48 Å². The van der Waals surface area contributed by atoms with Gasteiger partial charge in [0.05, 0.1) is 5.48 Å². The molecule has 11 rings (SSSR count). The predicted octanol–water partition coefficient (Wildman–Crippen LogP) is 16.4. The van der Waals surface area contributed by atoms with Crippen LogP contribution in [-0.2, 0) is 0 Å². The molecule has 0 heterocycles. The fourth-order valence-corrected chi connectivity index (χ4v) is 8.70. The van der Waals surface area contributed by atoms with Crippen LogP contribution in [-0.4, -0.2) is 0 Å². The molecule has 0 atom stereocenters. The lowest BCUT2D eigenvalue weighted by Gasteiger charge is -2.26. The molecule has 0 spiro atoms. The largest absolute Gasteiger partial charge is 0.311 e. The van der Waals surface area contributed by atoms with Gasteiger partial charge in [0, 0.05) is 17.1 Å². The Morgan fingerprint density at radius 3 is 1.12 bits per heavy atom. The summed E-state index contributed by atoms with van der Waals surface area (Å²) in [4.78, 5) is 1.87. The van der Waals surface area contributed by atoms with Gasteiger partial charge in [0.1, 0.15) is 0 Å². The summed E-state index contributed by atoms with van der Waals surface area (Å²) in [5.74, 6) is 0. The molecule has 11 aromatic carbocycles. The van der Waals surface area contributed by atoms with Gasteiger partial charge in [-0.05, 0) is 136 Å². The molecule has 0 aliphatic rings. The van der Waals surface area contributed by atoms with E-state index in [1.165, 1.54) is 21.5 Å². The van der Waals surface area contributed by atoms with Crippen molar-refractivity contribution < 1.29 is 5.48 Å². The van der Waals surface area contributed by atoms with E-state index in [0.717, 1.165) is 54.9 Å². The van der Waals surface area contributed by atoms with Crippen molar-refractivity contribution in [3.8, 4) is 44.5 Å². The molecule has 0 fully saturated rings. The van der Waals surface area contributed by atoms with Crippen LogP contribution in [0.4, 0.5) is 17.1 Å². The van der Waals surface area contributed by atoms with Crippen LogP contribution in [0.3, 0.4) is 0 Å². The highest BCUT2D eigenvalue weighted by atomic mass is 15.1. The smallest absolute Gasteiger partial charge is 0.0645 e. The molecule has 0 aliphatic carbocycles. The molecule has 0 aliphatic heterocycles. The highest BCUT2D eigenvalue weighted by Gasteiger charge is 2.17. The summed E-state index contributed by atoms with van der Waals surface area (Å²) in [5.41, 5.74) is 8.60. The summed E-state index contributed by atoms with van der Waals surface area (Å²) in [6, 6.07) is 72.0. The number of benzene rings is 11. The molecular weight excluding hydrogens is 711 g/mol. The van der Waals surface area contributed by atoms with Crippen LogP contribution in [0.15, 0.2) is 236 Å². The molecule has 0 radical (unpaired) electrons. The molecule has 0 saturated heterocycles. The molecule has 11 aromatic rings. The standard InChI is InChI=1S/C58H39N/c1-2-14-40(15-3-1)49-18-8-9-19-50(49)41-26-32-46(33-27-41)59(47-34-28-42(29-35-47)57-38-44-16-4-6-20-51(44)53-22-10-12-24-55(53)57)48-36-30-43(31-37-48)58-39-45-17-5-7-21-52(45)54-23-11-13-25-56(54)58/h1-39H/i26D,27D,32D,33D. The van der Waals surface area contributed by atoms with Crippen molar-refractivity contribution in [2.75, 3.05) is 4.90 Å². The van der Waals surface area contributed by atoms with Crippen LogP contribution in [0.2, 0.25) is 0 Å². The molecule has 0 amide bonds. The van der Waals surface area contributed by atoms with Gasteiger partial charge in [-0.3, -0.25) is 0 Å². The first kappa shape index (κ1) is 30.4. The molecule has 0 unspecified atom stereocenters. The monoisotopic (exact) mass is 753 g/mol. The number of fused-ring (bicyclic) bond motifs is 6. The van der Waals surface area contributed by atoms with Crippen LogP contribution >= 0.6 is 0 Å². The molecule has 0 bridgehead atoms. The van der Waals surface area contributed by atoms with Gasteiger partial charge in [-0.25, -0.2) is 0 Å². The zero-order valence-corrected chi connectivity index (χ0v) is 32.2. The Morgan fingerprint density at radius 1 is 0.254 bits per heavy atom. The van der Waals surface area contributed by atoms with Gasteiger partial charge in [0.15, 0.2) is 0 Å². The second-order valence-corrected chi connectivity index (χ2v) is 14.9. The average molecular weight is 754 g/mol. The maximum Gasteiger partial charge on any atom is 0.0645 e. The highest BCUT2D eigenvalue weighted by Crippen LogP contribution is 2.42. The minimum absolute atomic E-state index is 0.0992. The third-order valence-corrected chi connectivity index (χ3v) is 11.5. The predicted molar refractivity (Wildman–Crippen MR) is 253 cm³/mol. The van der Waals surface area contributed by atoms with E-state index >= 15 is 0 Å². The minimum Gasteiger partial charge on any atom is -0.311 e. The molecule has 276 valence electrons. The first-order chi connectivity index (χ1) is 30.9. The lowest BCUT2D eigenvalue weighted by Crippen LogP contribution is -2.09. The van der Waals surface area contributed by atoms with Crippen molar-refractivity contribution in [1.82, 2.24) is 0 Å². The third-order valence-electron chi connectivity index (χ3n) is 11.5. The van der Waals surface area contributed by atoms with Gasteiger partial charge >= 0.3 is 0 Å². The van der Waals surface area contributed by atoms with E-state index < -0.39 is 0 Å². The van der Waals surface area contributed by atoms with Gasteiger partial charge in [0.2, 0.25) is 0 Å². The number of nitrogens with zero attached hydrogens (tertiary/aromatic N) is 1. The summed E-state index contributed by atoms with van der Waals surface area (Å²) in [6.45, 7) is 0. The van der Waals surface area contributed by atoms with E-state index in [2.05, 4.69) is 133 Å². The Morgan fingerprint density at radius 2 is 0.627 bits per heavy atom. The minimum atomic E-state index is -0.122. The SMILES string of the molecule is [2H]c1c([2H])c(N(c2ccc(-c3cc4ccccc4c4ccccc34)cc2)c2ccc(-c3cc4ccccc4c4ccccc34)cc2)c([2H])c([2H])c1-c1ccccc1-c1ccccc1. The number of hydrogen-bond donors (Lipinski definition) is 0. The molecule has 0 saturated carbocycles. The van der Waals surface area contributed by atoms with E-state index in [1.54, 1.807) is 0 Å². The fourth-order valence-electron chi connectivity index (χ4n) is 8.70. The van der Waals surface area contributed by atoms with Crippen molar-refractivity contribution in [2.45, 2.75) is 0 Å². The van der Waals surface area contributed by atoms with Gasteiger partial charge in [-0.1, -0.05) is 188 Å². The molecule has 59 heavy (non-hydrogen) atoms. The Hall–Kier alpha value is -7.74. The first-order valence-electron chi connectivity index (χ1n) is 22.0. The molecule has 1 heteroatoms. The molecule has 0 aromatic heterocycles. The Labute approximate surface area is 350 Å². The summed E-state index contributed by atoms with van der Waals surface area (Å²) < 4.78 is 38.5. The van der Waals surface area contributed by atoms with Gasteiger partial charge < -0.3 is 4.90 Å². The highest BCUT2D eigenvalue weighted by molar-refractivity contribution is 6.15. The average Bonchev–Trinajstić information content (AvgIpc) is 3.35. The lowest BCUT2D eigenvalue weighted by molar-refractivity contribution is 1.28. The van der Waals surface area contributed by atoms with Crippen molar-refractivity contribution in [3.05, 3.63) is 236 Å². The maximum absolute atomic E-state index is 9.68. The lowest BCUT2D eigenvalue weighted by atomic mass is 9.93. The van der Waals surface area contributed by atoms with E-state index in [0.29, 0.717) is 16.9 Å². The maximum atomic E-state index is 9.68. The Bertz CT molecular complexity index is 3350. The van der Waals surface area contributed by atoms with Crippen molar-refractivity contribution in [3.63, 3.8) is 0 Å². The topological polar surface area (TPSA) is 3.24 Å². The van der Waals surface area contributed by atoms with Crippen molar-refractivity contribution >= 4 is 60.2 Å². The quantitative estimate of drug-likeness (QED) is 0.147. The van der Waals surface area contributed by atoms with E-state index in [9.17, 15) is 5.48 Å². The number of anilines is 3. The van der Waals surface area contributed by atoms with Gasteiger partial charge in [0.25, 0.3) is 0 Å². The molecule has 0 N–H and O–H groups in total. The van der Waals surface area contributed by atoms with Crippen LogP contribution in [0.25, 0.3) is 87.6 Å². The number of rotatable bonds is 7. The summed E-state index contributed by atoms with van der Waals surface area (Å²) in [5, 5.41) is 9.42. The van der Waals surface area contributed by atoms with E-state index in [4.69, 9.17) is 0 Å². The summed E-state index contributed by atoms with van der Waals surface area (Å²) in [6.07, 6.45) is 0. The second kappa shape index (κ2) is 14.6. The second-order valence-electron chi connectivity index (χ2n) is 14.9. The Kier molecular flexibility index (Phi) is 7.55. The zero-order chi connectivity index (χ0) is 42.6.